The fourth-order valence-corrected chi connectivity index (χ4v) is 3.03. The molecule has 24 heavy (non-hydrogen) atoms. The normalized spacial score (nSPS) is 21.8. The molecule has 0 saturated carbocycles. The third kappa shape index (κ3) is 3.98. The summed E-state index contributed by atoms with van der Waals surface area (Å²) < 4.78 is 7.39. The largest absolute Gasteiger partial charge is 0.504 e. The zero-order valence-electron chi connectivity index (χ0n) is 14.0. The van der Waals surface area contributed by atoms with Gasteiger partial charge >= 0.3 is 0 Å². The number of anilines is 1. The minimum absolute atomic E-state index is 0.141. The maximum absolute atomic E-state index is 9.57. The molecule has 2 aromatic rings. The summed E-state index contributed by atoms with van der Waals surface area (Å²) in [5, 5.41) is 26.7. The molecule has 2 unspecified atom stereocenters. The molecule has 7 nitrogen and oxygen atoms in total. The van der Waals surface area contributed by atoms with Gasteiger partial charge in [-0.3, -0.25) is 4.90 Å². The SMILES string of the molecule is CC1CN(CCNc2ccn(-c3ccc(O)c(O)c3)n2)CC(C)O1. The maximum Gasteiger partial charge on any atom is 0.159 e. The molecule has 3 N–H and O–H groups in total. The number of benzene rings is 1. The van der Waals surface area contributed by atoms with Crippen molar-refractivity contribution in [3.05, 3.63) is 30.5 Å². The molecule has 2 heterocycles. The predicted octanol–water partition coefficient (Wildman–Crippen LogP) is 1.80. The Morgan fingerprint density at radius 1 is 1.17 bits per heavy atom. The Kier molecular flexibility index (Phi) is 4.92. The summed E-state index contributed by atoms with van der Waals surface area (Å²) in [5.74, 6) is 0.475. The number of hydrogen-bond acceptors (Lipinski definition) is 6. The Labute approximate surface area is 141 Å². The van der Waals surface area contributed by atoms with Crippen molar-refractivity contribution in [3.8, 4) is 17.2 Å². The van der Waals surface area contributed by atoms with Crippen LogP contribution in [0.4, 0.5) is 5.82 Å². The van der Waals surface area contributed by atoms with E-state index in [9.17, 15) is 10.2 Å². The fourth-order valence-electron chi connectivity index (χ4n) is 3.03. The first kappa shape index (κ1) is 16.6. The average Bonchev–Trinajstić information content (AvgIpc) is 2.98. The zero-order valence-corrected chi connectivity index (χ0v) is 14.0. The van der Waals surface area contributed by atoms with Crippen LogP contribution in [-0.4, -0.2) is 63.3 Å². The lowest BCUT2D eigenvalue weighted by Crippen LogP contribution is -2.46. The number of hydrogen-bond donors (Lipinski definition) is 3. The van der Waals surface area contributed by atoms with Crippen LogP contribution in [0.1, 0.15) is 13.8 Å². The number of nitrogens with one attached hydrogen (secondary N) is 1. The van der Waals surface area contributed by atoms with Gasteiger partial charge in [0.25, 0.3) is 0 Å². The second-order valence-corrected chi connectivity index (χ2v) is 6.26. The van der Waals surface area contributed by atoms with Crippen molar-refractivity contribution in [2.24, 2.45) is 0 Å². The van der Waals surface area contributed by atoms with Crippen LogP contribution in [0.2, 0.25) is 0 Å². The lowest BCUT2D eigenvalue weighted by atomic mass is 10.2. The van der Waals surface area contributed by atoms with E-state index in [4.69, 9.17) is 4.74 Å². The van der Waals surface area contributed by atoms with Gasteiger partial charge in [-0.1, -0.05) is 0 Å². The molecule has 1 aliphatic rings. The summed E-state index contributed by atoms with van der Waals surface area (Å²) in [7, 11) is 0. The molecule has 0 aliphatic carbocycles. The van der Waals surface area contributed by atoms with E-state index in [1.54, 1.807) is 10.7 Å². The van der Waals surface area contributed by atoms with Gasteiger partial charge in [0, 0.05) is 44.5 Å². The Morgan fingerprint density at radius 3 is 2.62 bits per heavy atom. The van der Waals surface area contributed by atoms with E-state index in [1.165, 1.54) is 12.1 Å². The van der Waals surface area contributed by atoms with Crippen molar-refractivity contribution in [2.45, 2.75) is 26.1 Å². The van der Waals surface area contributed by atoms with Crippen LogP contribution in [0, 0.1) is 0 Å². The number of morpholine rings is 1. The summed E-state index contributed by atoms with van der Waals surface area (Å²) in [4.78, 5) is 2.39. The van der Waals surface area contributed by atoms with Crippen molar-refractivity contribution in [3.63, 3.8) is 0 Å². The third-order valence-corrected chi connectivity index (χ3v) is 4.04. The monoisotopic (exact) mass is 332 g/mol. The first-order chi connectivity index (χ1) is 11.5. The van der Waals surface area contributed by atoms with E-state index in [-0.39, 0.29) is 23.7 Å². The molecule has 2 atom stereocenters. The Bertz CT molecular complexity index is 678. The van der Waals surface area contributed by atoms with E-state index in [2.05, 4.69) is 29.2 Å². The molecule has 0 bridgehead atoms. The molecule has 0 amide bonds. The first-order valence-electron chi connectivity index (χ1n) is 8.21. The number of ether oxygens (including phenoxy) is 1. The number of rotatable bonds is 5. The number of phenols is 2. The number of phenolic OH excluding ortho intramolecular Hbond substituents is 2. The van der Waals surface area contributed by atoms with E-state index in [0.29, 0.717) is 5.69 Å². The van der Waals surface area contributed by atoms with Crippen LogP contribution in [0.25, 0.3) is 5.69 Å². The zero-order chi connectivity index (χ0) is 17.1. The fraction of sp³-hybridized carbons (Fsp3) is 0.471. The van der Waals surface area contributed by atoms with Gasteiger partial charge in [-0.15, -0.1) is 0 Å². The van der Waals surface area contributed by atoms with Crippen LogP contribution < -0.4 is 5.32 Å². The van der Waals surface area contributed by atoms with E-state index < -0.39 is 0 Å². The van der Waals surface area contributed by atoms with Crippen molar-refractivity contribution >= 4 is 5.82 Å². The van der Waals surface area contributed by atoms with Gasteiger partial charge in [-0.05, 0) is 26.0 Å². The molecule has 1 fully saturated rings. The van der Waals surface area contributed by atoms with Crippen LogP contribution >= 0.6 is 0 Å². The van der Waals surface area contributed by atoms with E-state index in [0.717, 1.165) is 32.0 Å². The van der Waals surface area contributed by atoms with Crippen molar-refractivity contribution in [1.29, 1.82) is 0 Å². The average molecular weight is 332 g/mol. The van der Waals surface area contributed by atoms with E-state index in [1.807, 2.05) is 12.3 Å². The van der Waals surface area contributed by atoms with Gasteiger partial charge in [0.05, 0.1) is 17.9 Å². The second kappa shape index (κ2) is 7.11. The van der Waals surface area contributed by atoms with Crippen LogP contribution in [0.5, 0.6) is 11.5 Å². The van der Waals surface area contributed by atoms with Crippen LogP contribution in [0.3, 0.4) is 0 Å². The molecule has 1 saturated heterocycles. The van der Waals surface area contributed by atoms with Gasteiger partial charge in [-0.25, -0.2) is 4.68 Å². The highest BCUT2D eigenvalue weighted by Gasteiger charge is 2.21. The smallest absolute Gasteiger partial charge is 0.159 e. The molecule has 1 aromatic heterocycles. The number of aromatic nitrogens is 2. The Morgan fingerprint density at radius 2 is 1.92 bits per heavy atom. The summed E-state index contributed by atoms with van der Waals surface area (Å²) in [6, 6.07) is 6.50. The highest BCUT2D eigenvalue weighted by Crippen LogP contribution is 2.26. The number of nitrogens with zero attached hydrogens (tertiary/aromatic N) is 3. The number of aromatic hydroxyl groups is 2. The Hall–Kier alpha value is -2.25. The summed E-state index contributed by atoms with van der Waals surface area (Å²) in [6.45, 7) is 7.85. The third-order valence-electron chi connectivity index (χ3n) is 4.04. The summed E-state index contributed by atoms with van der Waals surface area (Å²) in [5.41, 5.74) is 0.689. The lowest BCUT2D eigenvalue weighted by Gasteiger charge is -2.35. The van der Waals surface area contributed by atoms with E-state index >= 15 is 0 Å². The van der Waals surface area contributed by atoms with Gasteiger partial charge in [-0.2, -0.15) is 5.10 Å². The van der Waals surface area contributed by atoms with Crippen molar-refractivity contribution < 1.29 is 14.9 Å². The first-order valence-corrected chi connectivity index (χ1v) is 8.21. The summed E-state index contributed by atoms with van der Waals surface area (Å²) >= 11 is 0. The summed E-state index contributed by atoms with van der Waals surface area (Å²) in [6.07, 6.45) is 2.36. The highest BCUT2D eigenvalue weighted by atomic mass is 16.5. The minimum Gasteiger partial charge on any atom is -0.504 e. The van der Waals surface area contributed by atoms with Gasteiger partial charge < -0.3 is 20.3 Å². The topological polar surface area (TPSA) is 82.8 Å². The van der Waals surface area contributed by atoms with Crippen molar-refractivity contribution in [1.82, 2.24) is 14.7 Å². The standard InChI is InChI=1S/C17H24N4O3/c1-12-10-20(11-13(2)24-12)8-6-18-17-5-7-21(19-17)14-3-4-15(22)16(23)9-14/h3-5,7,9,12-13,22-23H,6,8,10-11H2,1-2H3,(H,18,19). The second-order valence-electron chi connectivity index (χ2n) is 6.26. The highest BCUT2D eigenvalue weighted by molar-refractivity contribution is 5.47. The van der Waals surface area contributed by atoms with Gasteiger partial charge in [0.2, 0.25) is 0 Å². The molecule has 3 rings (SSSR count). The predicted molar refractivity (Wildman–Crippen MR) is 91.8 cm³/mol. The van der Waals surface area contributed by atoms with Crippen molar-refractivity contribution in [2.75, 3.05) is 31.5 Å². The molecule has 0 spiro atoms. The minimum atomic E-state index is -0.159. The molecule has 130 valence electrons. The molecule has 1 aromatic carbocycles. The van der Waals surface area contributed by atoms with Crippen LogP contribution in [0.15, 0.2) is 30.5 Å². The van der Waals surface area contributed by atoms with Gasteiger partial charge in [0.1, 0.15) is 5.82 Å². The lowest BCUT2D eigenvalue weighted by molar-refractivity contribution is -0.0667. The molecule has 7 heteroatoms. The molecular weight excluding hydrogens is 308 g/mol. The van der Waals surface area contributed by atoms with Crippen LogP contribution in [-0.2, 0) is 4.74 Å². The maximum atomic E-state index is 9.57. The molecule has 0 radical (unpaired) electrons. The van der Waals surface area contributed by atoms with Gasteiger partial charge in [0.15, 0.2) is 11.5 Å². The molecular formula is C17H24N4O3. The molecule has 1 aliphatic heterocycles. The Balaban J connectivity index is 1.53. The quantitative estimate of drug-likeness (QED) is 0.724.